The van der Waals surface area contributed by atoms with E-state index >= 15 is 0 Å². The van der Waals surface area contributed by atoms with E-state index in [4.69, 9.17) is 5.73 Å². The van der Waals surface area contributed by atoms with Crippen LogP contribution in [-0.2, 0) is 6.42 Å². The van der Waals surface area contributed by atoms with Crippen molar-refractivity contribution in [3.8, 4) is 0 Å². The lowest BCUT2D eigenvalue weighted by Crippen LogP contribution is -2.52. The van der Waals surface area contributed by atoms with Gasteiger partial charge in [0.2, 0.25) is 0 Å². The highest BCUT2D eigenvalue weighted by atomic mass is 15.2. The van der Waals surface area contributed by atoms with Crippen molar-refractivity contribution in [2.24, 2.45) is 11.1 Å². The third-order valence-electron chi connectivity index (χ3n) is 5.57. The van der Waals surface area contributed by atoms with Crippen LogP contribution in [0.4, 0.5) is 0 Å². The summed E-state index contributed by atoms with van der Waals surface area (Å²) in [6, 6.07) is 10.8. The molecule has 2 heteroatoms. The van der Waals surface area contributed by atoms with Crippen LogP contribution in [0.1, 0.15) is 45.6 Å². The Labute approximate surface area is 124 Å². The smallest absolute Gasteiger partial charge is 0.0344 e. The third-order valence-corrected chi connectivity index (χ3v) is 5.57. The van der Waals surface area contributed by atoms with Crippen molar-refractivity contribution in [3.63, 3.8) is 0 Å². The molecule has 1 saturated heterocycles. The number of benzene rings is 1. The first-order chi connectivity index (χ1) is 9.57. The van der Waals surface area contributed by atoms with Crippen LogP contribution in [0, 0.1) is 5.41 Å². The monoisotopic (exact) mass is 274 g/mol. The lowest BCUT2D eigenvalue weighted by molar-refractivity contribution is 0.118. The Morgan fingerprint density at radius 1 is 1.20 bits per heavy atom. The van der Waals surface area contributed by atoms with Gasteiger partial charge in [0.05, 0.1) is 0 Å². The molecule has 0 radical (unpaired) electrons. The second kappa shape index (κ2) is 6.28. The molecule has 2 N–H and O–H groups in total. The second-order valence-corrected chi connectivity index (χ2v) is 6.74. The molecule has 0 aromatic heterocycles. The van der Waals surface area contributed by atoms with Gasteiger partial charge >= 0.3 is 0 Å². The van der Waals surface area contributed by atoms with Crippen LogP contribution in [0.3, 0.4) is 0 Å². The fraction of sp³-hybridized carbons (Fsp3) is 0.667. The van der Waals surface area contributed by atoms with Gasteiger partial charge in [-0.2, -0.15) is 0 Å². The number of hydrogen-bond donors (Lipinski definition) is 1. The first kappa shape index (κ1) is 15.5. The highest BCUT2D eigenvalue weighted by Crippen LogP contribution is 2.40. The van der Waals surface area contributed by atoms with Gasteiger partial charge in [-0.1, -0.05) is 44.2 Å². The molecule has 2 rings (SSSR count). The molecule has 112 valence electrons. The second-order valence-electron chi connectivity index (χ2n) is 6.74. The predicted molar refractivity (Wildman–Crippen MR) is 86.8 cm³/mol. The lowest BCUT2D eigenvalue weighted by atomic mass is 9.81. The van der Waals surface area contributed by atoms with Crippen molar-refractivity contribution in [1.29, 1.82) is 0 Å². The van der Waals surface area contributed by atoms with Crippen molar-refractivity contribution in [2.45, 2.75) is 52.0 Å². The number of likely N-dealkylation sites (tertiary alicyclic amines) is 1. The molecule has 1 atom stereocenters. The average Bonchev–Trinajstić information content (AvgIpc) is 2.94. The summed E-state index contributed by atoms with van der Waals surface area (Å²) in [6.45, 7) is 10.1. The van der Waals surface area contributed by atoms with Crippen molar-refractivity contribution < 1.29 is 0 Å². The molecule has 0 saturated carbocycles. The summed E-state index contributed by atoms with van der Waals surface area (Å²) in [5, 5.41) is 0. The lowest BCUT2D eigenvalue weighted by Gasteiger charge is -2.40. The minimum absolute atomic E-state index is 0.0907. The van der Waals surface area contributed by atoms with Crippen LogP contribution >= 0.6 is 0 Å². The molecule has 1 aromatic carbocycles. The average molecular weight is 274 g/mol. The van der Waals surface area contributed by atoms with Crippen molar-refractivity contribution in [1.82, 2.24) is 4.90 Å². The Morgan fingerprint density at radius 3 is 2.35 bits per heavy atom. The largest absolute Gasteiger partial charge is 0.329 e. The van der Waals surface area contributed by atoms with Gasteiger partial charge in [0, 0.05) is 18.6 Å². The molecule has 1 aliphatic heterocycles. The molecule has 1 aliphatic rings. The van der Waals surface area contributed by atoms with E-state index in [-0.39, 0.29) is 5.54 Å². The number of rotatable bonds is 6. The summed E-state index contributed by atoms with van der Waals surface area (Å²) in [6.07, 6.45) is 4.94. The van der Waals surface area contributed by atoms with Crippen LogP contribution in [0.2, 0.25) is 0 Å². The van der Waals surface area contributed by atoms with Crippen LogP contribution in [0.15, 0.2) is 30.3 Å². The van der Waals surface area contributed by atoms with Gasteiger partial charge in [0.1, 0.15) is 0 Å². The van der Waals surface area contributed by atoms with Crippen molar-refractivity contribution in [2.75, 3.05) is 19.6 Å². The zero-order chi connectivity index (χ0) is 14.6. The van der Waals surface area contributed by atoms with Gasteiger partial charge in [-0.3, -0.25) is 4.90 Å². The highest BCUT2D eigenvalue weighted by molar-refractivity contribution is 5.18. The molecule has 0 amide bonds. The molecular weight excluding hydrogens is 244 g/mol. The van der Waals surface area contributed by atoms with Crippen LogP contribution in [-0.4, -0.2) is 30.1 Å². The summed E-state index contributed by atoms with van der Waals surface area (Å²) in [5.74, 6) is 0. The van der Waals surface area contributed by atoms with Crippen LogP contribution in [0.5, 0.6) is 0 Å². The number of nitrogens with two attached hydrogens (primary N) is 1. The highest BCUT2D eigenvalue weighted by Gasteiger charge is 2.42. The maximum atomic E-state index is 6.16. The molecule has 1 heterocycles. The first-order valence-electron chi connectivity index (χ1n) is 8.06. The Hall–Kier alpha value is -0.860. The standard InChI is InChI=1S/C18H30N2/c1-4-18(5-2)11-12-20(15-18)17(3,14-19)13-16-9-7-6-8-10-16/h6-10H,4-5,11-15,19H2,1-3H3. The number of hydrogen-bond acceptors (Lipinski definition) is 2. The van der Waals surface area contributed by atoms with E-state index in [0.29, 0.717) is 5.41 Å². The fourth-order valence-electron chi connectivity index (χ4n) is 3.57. The van der Waals surface area contributed by atoms with Gasteiger partial charge < -0.3 is 5.73 Å². The molecular formula is C18H30N2. The number of nitrogens with zero attached hydrogens (tertiary/aromatic N) is 1. The molecule has 1 aromatic rings. The third kappa shape index (κ3) is 3.07. The van der Waals surface area contributed by atoms with Crippen molar-refractivity contribution >= 4 is 0 Å². The summed E-state index contributed by atoms with van der Waals surface area (Å²) >= 11 is 0. The summed E-state index contributed by atoms with van der Waals surface area (Å²) in [4.78, 5) is 2.65. The van der Waals surface area contributed by atoms with Crippen LogP contribution in [0.25, 0.3) is 0 Å². The SMILES string of the molecule is CCC1(CC)CCN(C(C)(CN)Cc2ccccc2)C1. The summed E-state index contributed by atoms with van der Waals surface area (Å²) < 4.78 is 0. The first-order valence-corrected chi connectivity index (χ1v) is 8.06. The van der Waals surface area contributed by atoms with E-state index < -0.39 is 0 Å². The van der Waals surface area contributed by atoms with Gasteiger partial charge in [-0.15, -0.1) is 0 Å². The van der Waals surface area contributed by atoms with E-state index in [1.165, 1.54) is 37.9 Å². The molecule has 1 unspecified atom stereocenters. The Morgan fingerprint density at radius 2 is 1.85 bits per heavy atom. The zero-order valence-electron chi connectivity index (χ0n) is 13.4. The Kier molecular flexibility index (Phi) is 4.87. The predicted octanol–water partition coefficient (Wildman–Crippen LogP) is 3.46. The molecule has 2 nitrogen and oxygen atoms in total. The van der Waals surface area contributed by atoms with E-state index in [2.05, 4.69) is 56.0 Å². The van der Waals surface area contributed by atoms with E-state index in [1.54, 1.807) is 0 Å². The fourth-order valence-corrected chi connectivity index (χ4v) is 3.57. The van der Waals surface area contributed by atoms with Gasteiger partial charge in [-0.25, -0.2) is 0 Å². The Balaban J connectivity index is 2.12. The summed E-state index contributed by atoms with van der Waals surface area (Å²) in [5.41, 5.74) is 8.17. The van der Waals surface area contributed by atoms with Gasteiger partial charge in [0.15, 0.2) is 0 Å². The van der Waals surface area contributed by atoms with Gasteiger partial charge in [0.25, 0.3) is 0 Å². The molecule has 0 bridgehead atoms. The molecule has 20 heavy (non-hydrogen) atoms. The van der Waals surface area contributed by atoms with Gasteiger partial charge in [-0.05, 0) is 50.1 Å². The molecule has 1 fully saturated rings. The molecule has 0 spiro atoms. The van der Waals surface area contributed by atoms with E-state index in [9.17, 15) is 0 Å². The zero-order valence-corrected chi connectivity index (χ0v) is 13.4. The van der Waals surface area contributed by atoms with Crippen molar-refractivity contribution in [3.05, 3.63) is 35.9 Å². The minimum Gasteiger partial charge on any atom is -0.329 e. The quantitative estimate of drug-likeness (QED) is 0.861. The van der Waals surface area contributed by atoms with E-state index in [1.807, 2.05) is 0 Å². The molecule has 0 aliphatic carbocycles. The normalized spacial score (nSPS) is 21.8. The maximum absolute atomic E-state index is 6.16. The van der Waals surface area contributed by atoms with E-state index in [0.717, 1.165) is 13.0 Å². The Bertz CT molecular complexity index is 411. The summed E-state index contributed by atoms with van der Waals surface area (Å²) in [7, 11) is 0. The topological polar surface area (TPSA) is 29.3 Å². The maximum Gasteiger partial charge on any atom is 0.0344 e. The minimum atomic E-state index is 0.0907. The van der Waals surface area contributed by atoms with Crippen LogP contribution < -0.4 is 5.73 Å².